The Bertz CT molecular complexity index is 71.0. The molecule has 0 aromatic carbocycles. The zero-order valence-corrected chi connectivity index (χ0v) is 8.15. The molecule has 0 rings (SSSR count). The van der Waals surface area contributed by atoms with E-state index in [1.807, 2.05) is 0 Å². The lowest BCUT2D eigenvalue weighted by molar-refractivity contribution is 0.194. The van der Waals surface area contributed by atoms with Gasteiger partial charge in [0.1, 0.15) is 0 Å². The summed E-state index contributed by atoms with van der Waals surface area (Å²) in [4.78, 5) is 0. The predicted octanol–water partition coefficient (Wildman–Crippen LogP) is -2.98. The molecule has 0 radical (unpaired) electrons. The second kappa shape index (κ2) is 14.6. The van der Waals surface area contributed by atoms with Crippen LogP contribution in [0.15, 0.2) is 0 Å². The van der Waals surface area contributed by atoms with Crippen molar-refractivity contribution in [1.82, 2.24) is 0 Å². The average molecular weight is 219 g/mol. The summed E-state index contributed by atoms with van der Waals surface area (Å²) in [5.41, 5.74) is 9.94. The van der Waals surface area contributed by atoms with Crippen LogP contribution < -0.4 is 11.5 Å². The van der Waals surface area contributed by atoms with Crippen molar-refractivity contribution in [1.29, 1.82) is 0 Å². The van der Waals surface area contributed by atoms with Gasteiger partial charge in [-0.05, 0) is 0 Å². The van der Waals surface area contributed by atoms with Crippen LogP contribution in [0.4, 0.5) is 0 Å². The molecule has 0 saturated heterocycles. The molecule has 0 aliphatic rings. The van der Waals surface area contributed by atoms with E-state index in [1.165, 1.54) is 0 Å². The molecule has 8 N–H and O–H groups in total. The van der Waals surface area contributed by atoms with E-state index < -0.39 is 12.1 Å². The monoisotopic (exact) mass is 218 g/mol. The molecule has 6 nitrogen and oxygen atoms in total. The third kappa shape index (κ3) is 18.8. The molecular formula is C6H19ClN2O4. The molecule has 0 fully saturated rings. The van der Waals surface area contributed by atoms with Gasteiger partial charge in [-0.2, -0.15) is 0 Å². The van der Waals surface area contributed by atoms with Gasteiger partial charge in [0.25, 0.3) is 0 Å². The third-order valence-corrected chi connectivity index (χ3v) is 0.938. The number of aliphatic hydroxyl groups is 4. The van der Waals surface area contributed by atoms with Crippen LogP contribution in [0, 0.1) is 0 Å². The van der Waals surface area contributed by atoms with Crippen LogP contribution in [0.5, 0.6) is 0 Å². The quantitative estimate of drug-likeness (QED) is 0.298. The maximum absolute atomic E-state index is 8.05. The van der Waals surface area contributed by atoms with Gasteiger partial charge in [-0.25, -0.2) is 0 Å². The maximum Gasteiger partial charge on any atom is 0.0605 e. The summed E-state index contributed by atoms with van der Waals surface area (Å²) >= 11 is 0. The molecule has 0 aromatic heterocycles. The van der Waals surface area contributed by atoms with E-state index in [0.29, 0.717) is 0 Å². The first-order valence-corrected chi connectivity index (χ1v) is 3.56. The number of aliphatic hydroxyl groups excluding tert-OH is 4. The lowest BCUT2D eigenvalue weighted by atomic mass is 10.4. The Morgan fingerprint density at radius 2 is 0.846 bits per heavy atom. The normalized spacial score (nSPS) is 9.23. The van der Waals surface area contributed by atoms with E-state index in [9.17, 15) is 0 Å². The smallest absolute Gasteiger partial charge is 0.0605 e. The highest BCUT2D eigenvalue weighted by molar-refractivity contribution is 5.85. The highest BCUT2D eigenvalue weighted by Gasteiger charge is 1.92. The fourth-order valence-corrected chi connectivity index (χ4v) is 0.115. The summed E-state index contributed by atoms with van der Waals surface area (Å²) in [5, 5.41) is 32.2. The van der Waals surface area contributed by atoms with Crippen LogP contribution in [-0.4, -0.2) is 58.9 Å². The Hall–Kier alpha value is 0.0500. The summed E-state index contributed by atoms with van der Waals surface area (Å²) in [5.74, 6) is 0. The van der Waals surface area contributed by atoms with E-state index in [4.69, 9.17) is 31.9 Å². The van der Waals surface area contributed by atoms with Gasteiger partial charge >= 0.3 is 0 Å². The van der Waals surface area contributed by atoms with Crippen LogP contribution in [0.3, 0.4) is 0 Å². The minimum atomic E-state index is -0.454. The fraction of sp³-hybridized carbons (Fsp3) is 1.00. The SMILES string of the molecule is Cl.NC(CO)CO.NC(CO)CO. The summed E-state index contributed by atoms with van der Waals surface area (Å²) in [6.45, 7) is -0.569. The Morgan fingerprint density at radius 1 is 0.692 bits per heavy atom. The summed E-state index contributed by atoms with van der Waals surface area (Å²) in [6, 6.07) is -0.907. The van der Waals surface area contributed by atoms with Crippen LogP contribution in [0.25, 0.3) is 0 Å². The molecule has 0 atom stereocenters. The lowest BCUT2D eigenvalue weighted by Gasteiger charge is -1.98. The molecular weight excluding hydrogens is 200 g/mol. The summed E-state index contributed by atoms with van der Waals surface area (Å²) in [6.07, 6.45) is 0. The number of hydrogen-bond acceptors (Lipinski definition) is 6. The van der Waals surface area contributed by atoms with E-state index in [2.05, 4.69) is 0 Å². The fourth-order valence-electron chi connectivity index (χ4n) is 0.115. The summed E-state index contributed by atoms with van der Waals surface area (Å²) < 4.78 is 0. The molecule has 0 aromatic rings. The highest BCUT2D eigenvalue weighted by Crippen LogP contribution is 1.66. The van der Waals surface area contributed by atoms with Crippen molar-refractivity contribution in [2.45, 2.75) is 12.1 Å². The van der Waals surface area contributed by atoms with Crippen molar-refractivity contribution in [3.63, 3.8) is 0 Å². The van der Waals surface area contributed by atoms with Crippen molar-refractivity contribution in [2.24, 2.45) is 11.5 Å². The predicted molar refractivity (Wildman–Crippen MR) is 51.5 cm³/mol. The second-order valence-corrected chi connectivity index (χ2v) is 2.25. The van der Waals surface area contributed by atoms with Crippen molar-refractivity contribution in [3.05, 3.63) is 0 Å². The van der Waals surface area contributed by atoms with E-state index in [1.54, 1.807) is 0 Å². The zero-order chi connectivity index (χ0) is 9.98. The molecule has 0 aliphatic carbocycles. The molecule has 13 heavy (non-hydrogen) atoms. The van der Waals surface area contributed by atoms with Crippen molar-refractivity contribution >= 4 is 12.4 Å². The first-order chi connectivity index (χ1) is 5.62. The van der Waals surface area contributed by atoms with Gasteiger partial charge in [0.05, 0.1) is 38.5 Å². The van der Waals surface area contributed by atoms with Crippen molar-refractivity contribution < 1.29 is 20.4 Å². The molecule has 0 saturated carbocycles. The summed E-state index contributed by atoms with van der Waals surface area (Å²) in [7, 11) is 0. The standard InChI is InChI=1S/2C3H9NO2.ClH/c2*4-3(1-5)2-6;/h2*3,5-6H,1-2,4H2;1H. The van der Waals surface area contributed by atoms with Gasteiger partial charge in [0.15, 0.2) is 0 Å². The molecule has 0 heterocycles. The maximum atomic E-state index is 8.05. The first kappa shape index (κ1) is 18.8. The van der Waals surface area contributed by atoms with Gasteiger partial charge in [-0.15, -0.1) is 12.4 Å². The number of nitrogens with two attached hydrogens (primary N) is 2. The van der Waals surface area contributed by atoms with Gasteiger partial charge < -0.3 is 31.9 Å². The average Bonchev–Trinajstić information content (AvgIpc) is 2.16. The molecule has 7 heteroatoms. The minimum Gasteiger partial charge on any atom is -0.395 e. The topological polar surface area (TPSA) is 133 Å². The van der Waals surface area contributed by atoms with Crippen LogP contribution in [0.2, 0.25) is 0 Å². The van der Waals surface area contributed by atoms with E-state index in [0.717, 1.165) is 0 Å². The van der Waals surface area contributed by atoms with Crippen LogP contribution in [-0.2, 0) is 0 Å². The number of halogens is 1. The lowest BCUT2D eigenvalue weighted by Crippen LogP contribution is -2.27. The van der Waals surface area contributed by atoms with Gasteiger partial charge in [-0.3, -0.25) is 0 Å². The van der Waals surface area contributed by atoms with Gasteiger partial charge in [-0.1, -0.05) is 0 Å². The molecule has 0 aliphatic heterocycles. The second-order valence-electron chi connectivity index (χ2n) is 2.25. The Kier molecular flexibility index (Phi) is 21.0. The van der Waals surface area contributed by atoms with E-state index in [-0.39, 0.29) is 38.8 Å². The highest BCUT2D eigenvalue weighted by atomic mass is 35.5. The van der Waals surface area contributed by atoms with Gasteiger partial charge in [0, 0.05) is 0 Å². The molecule has 84 valence electrons. The van der Waals surface area contributed by atoms with Crippen LogP contribution in [0.1, 0.15) is 0 Å². The largest absolute Gasteiger partial charge is 0.395 e. The van der Waals surface area contributed by atoms with E-state index >= 15 is 0 Å². The molecule has 0 unspecified atom stereocenters. The Balaban J connectivity index is -0.000000143. The molecule has 0 spiro atoms. The number of hydrogen-bond donors (Lipinski definition) is 6. The molecule has 0 bridgehead atoms. The number of rotatable bonds is 4. The third-order valence-electron chi connectivity index (χ3n) is 0.938. The van der Waals surface area contributed by atoms with Gasteiger partial charge in [0.2, 0.25) is 0 Å². The Morgan fingerprint density at radius 3 is 0.846 bits per heavy atom. The van der Waals surface area contributed by atoms with Crippen LogP contribution >= 0.6 is 12.4 Å². The minimum absolute atomic E-state index is 0. The first-order valence-electron chi connectivity index (χ1n) is 3.56. The Labute approximate surface area is 83.6 Å². The zero-order valence-electron chi connectivity index (χ0n) is 7.33. The van der Waals surface area contributed by atoms with Crippen molar-refractivity contribution in [3.8, 4) is 0 Å². The molecule has 0 amide bonds. The van der Waals surface area contributed by atoms with Crippen molar-refractivity contribution in [2.75, 3.05) is 26.4 Å².